The summed E-state index contributed by atoms with van der Waals surface area (Å²) in [5, 5.41) is 14.8. The molecule has 1 amide bonds. The molecule has 10 heteroatoms. The highest BCUT2D eigenvalue weighted by Crippen LogP contribution is 2.34. The number of methoxy groups -OCH3 is 1. The molecule has 0 fully saturated rings. The highest BCUT2D eigenvalue weighted by atomic mass is 32.2. The highest BCUT2D eigenvalue weighted by molar-refractivity contribution is 8.00. The Morgan fingerprint density at radius 2 is 2.07 bits per heavy atom. The minimum absolute atomic E-state index is 0.181. The molecule has 0 bridgehead atoms. The highest BCUT2D eigenvalue weighted by Gasteiger charge is 2.22. The Labute approximate surface area is 171 Å². The summed E-state index contributed by atoms with van der Waals surface area (Å²) in [5.74, 6) is 1.73. The lowest BCUT2D eigenvalue weighted by atomic mass is 10.2. The Balaban J connectivity index is 1.49. The number of amides is 1. The quantitative estimate of drug-likeness (QED) is 0.616. The Morgan fingerprint density at radius 3 is 2.90 bits per heavy atom. The van der Waals surface area contributed by atoms with Gasteiger partial charge in [0.05, 0.1) is 12.4 Å². The van der Waals surface area contributed by atoms with E-state index in [2.05, 4.69) is 20.8 Å². The average molecular weight is 413 g/mol. The fourth-order valence-electron chi connectivity index (χ4n) is 2.80. The maximum atomic E-state index is 12.7. The number of carbonyl (C=O) groups is 1. The lowest BCUT2D eigenvalue weighted by Crippen LogP contribution is -2.23. The standard InChI is InChI=1S/C19H19N5O4S/c1-11-4-6-15(26-3)14(8-11)24-19(21-22-23-24)29-12(2)18(25)20-13-5-7-16-17(9-13)28-10-27-16/h4-9,12H,10H2,1-3H3,(H,20,25)/t12-/m1/s1. The van der Waals surface area contributed by atoms with E-state index in [0.29, 0.717) is 33.8 Å². The van der Waals surface area contributed by atoms with Gasteiger partial charge in [-0.2, -0.15) is 4.68 Å². The summed E-state index contributed by atoms with van der Waals surface area (Å²) in [6.45, 7) is 3.95. The average Bonchev–Trinajstić information content (AvgIpc) is 3.36. The molecule has 2 heterocycles. The second kappa shape index (κ2) is 8.00. The normalized spacial score (nSPS) is 13.2. The molecule has 150 valence electrons. The van der Waals surface area contributed by atoms with Crippen LogP contribution in [-0.2, 0) is 4.79 Å². The van der Waals surface area contributed by atoms with Gasteiger partial charge in [-0.15, -0.1) is 5.10 Å². The van der Waals surface area contributed by atoms with Crippen LogP contribution in [-0.4, -0.2) is 45.3 Å². The van der Waals surface area contributed by atoms with Gasteiger partial charge in [0.15, 0.2) is 11.5 Å². The summed E-state index contributed by atoms with van der Waals surface area (Å²) in [7, 11) is 1.59. The predicted molar refractivity (Wildman–Crippen MR) is 107 cm³/mol. The molecule has 0 unspecified atom stereocenters. The second-order valence-corrected chi connectivity index (χ2v) is 7.67. The van der Waals surface area contributed by atoms with Crippen LogP contribution in [0.5, 0.6) is 17.2 Å². The second-order valence-electron chi connectivity index (χ2n) is 6.37. The van der Waals surface area contributed by atoms with E-state index in [1.54, 1.807) is 36.9 Å². The van der Waals surface area contributed by atoms with Crippen molar-refractivity contribution < 1.29 is 19.0 Å². The monoisotopic (exact) mass is 413 g/mol. The molecule has 0 saturated carbocycles. The lowest BCUT2D eigenvalue weighted by Gasteiger charge is -2.13. The Morgan fingerprint density at radius 1 is 1.24 bits per heavy atom. The molecule has 4 rings (SSSR count). The molecular formula is C19H19N5O4S. The topological polar surface area (TPSA) is 100 Å². The van der Waals surface area contributed by atoms with E-state index in [4.69, 9.17) is 14.2 Å². The first-order chi connectivity index (χ1) is 14.0. The molecule has 0 saturated heterocycles. The first-order valence-corrected chi connectivity index (χ1v) is 9.73. The van der Waals surface area contributed by atoms with E-state index in [1.807, 2.05) is 25.1 Å². The number of anilines is 1. The SMILES string of the molecule is COc1ccc(C)cc1-n1nnnc1S[C@H](C)C(=O)Nc1ccc2c(c1)OCO2. The van der Waals surface area contributed by atoms with E-state index in [0.717, 1.165) is 5.56 Å². The number of aromatic nitrogens is 4. The van der Waals surface area contributed by atoms with E-state index >= 15 is 0 Å². The number of hydrogen-bond acceptors (Lipinski definition) is 8. The molecule has 1 N–H and O–H groups in total. The van der Waals surface area contributed by atoms with Crippen molar-refractivity contribution in [3.63, 3.8) is 0 Å². The van der Waals surface area contributed by atoms with Crippen LogP contribution in [0.25, 0.3) is 5.69 Å². The fraction of sp³-hybridized carbons (Fsp3) is 0.263. The zero-order chi connectivity index (χ0) is 20.4. The molecule has 2 aromatic carbocycles. The van der Waals surface area contributed by atoms with E-state index in [-0.39, 0.29) is 12.7 Å². The van der Waals surface area contributed by atoms with Gasteiger partial charge in [-0.25, -0.2) is 0 Å². The van der Waals surface area contributed by atoms with Gasteiger partial charge in [0.1, 0.15) is 11.4 Å². The van der Waals surface area contributed by atoms with Crippen LogP contribution < -0.4 is 19.5 Å². The van der Waals surface area contributed by atoms with Crippen molar-refractivity contribution in [1.29, 1.82) is 0 Å². The van der Waals surface area contributed by atoms with Crippen molar-refractivity contribution >= 4 is 23.4 Å². The van der Waals surface area contributed by atoms with Crippen molar-refractivity contribution in [3.05, 3.63) is 42.0 Å². The number of hydrogen-bond donors (Lipinski definition) is 1. The third kappa shape index (κ3) is 3.97. The van der Waals surface area contributed by atoms with Gasteiger partial charge in [-0.3, -0.25) is 4.79 Å². The van der Waals surface area contributed by atoms with Crippen LogP contribution in [0.15, 0.2) is 41.6 Å². The smallest absolute Gasteiger partial charge is 0.237 e. The van der Waals surface area contributed by atoms with Gasteiger partial charge in [0.25, 0.3) is 0 Å². The summed E-state index contributed by atoms with van der Waals surface area (Å²) in [6.07, 6.45) is 0. The summed E-state index contributed by atoms with van der Waals surface area (Å²) in [5.41, 5.74) is 2.39. The summed E-state index contributed by atoms with van der Waals surface area (Å²) >= 11 is 1.25. The van der Waals surface area contributed by atoms with Crippen LogP contribution in [0, 0.1) is 6.92 Å². The zero-order valence-electron chi connectivity index (χ0n) is 16.1. The Bertz CT molecular complexity index is 1050. The number of nitrogens with zero attached hydrogens (tertiary/aromatic N) is 4. The number of rotatable bonds is 6. The molecule has 1 aromatic heterocycles. The summed E-state index contributed by atoms with van der Waals surface area (Å²) in [6, 6.07) is 11.0. The number of fused-ring (bicyclic) bond motifs is 1. The number of tetrazole rings is 1. The summed E-state index contributed by atoms with van der Waals surface area (Å²) in [4.78, 5) is 12.7. The van der Waals surface area contributed by atoms with Crippen LogP contribution in [0.1, 0.15) is 12.5 Å². The number of aryl methyl sites for hydroxylation is 1. The number of nitrogens with one attached hydrogen (secondary N) is 1. The largest absolute Gasteiger partial charge is 0.494 e. The predicted octanol–water partition coefficient (Wildman–Crippen LogP) is 2.83. The Hall–Kier alpha value is -3.27. The molecular weight excluding hydrogens is 394 g/mol. The van der Waals surface area contributed by atoms with Gasteiger partial charge < -0.3 is 19.5 Å². The van der Waals surface area contributed by atoms with E-state index < -0.39 is 5.25 Å². The minimum atomic E-state index is -0.444. The zero-order valence-corrected chi connectivity index (χ0v) is 16.9. The van der Waals surface area contributed by atoms with E-state index in [9.17, 15) is 4.79 Å². The van der Waals surface area contributed by atoms with Crippen LogP contribution >= 0.6 is 11.8 Å². The molecule has 1 atom stereocenters. The van der Waals surface area contributed by atoms with Gasteiger partial charge in [-0.05, 0) is 54.1 Å². The molecule has 0 spiro atoms. The van der Waals surface area contributed by atoms with Crippen LogP contribution in [0.4, 0.5) is 5.69 Å². The minimum Gasteiger partial charge on any atom is -0.494 e. The van der Waals surface area contributed by atoms with Crippen LogP contribution in [0.2, 0.25) is 0 Å². The summed E-state index contributed by atoms with van der Waals surface area (Å²) < 4.78 is 17.6. The number of ether oxygens (including phenoxy) is 3. The van der Waals surface area contributed by atoms with Crippen molar-refractivity contribution in [3.8, 4) is 22.9 Å². The Kier molecular flexibility index (Phi) is 5.26. The third-order valence-corrected chi connectivity index (χ3v) is 5.33. The molecule has 0 radical (unpaired) electrons. The van der Waals surface area contributed by atoms with Gasteiger partial charge in [0, 0.05) is 11.8 Å². The van der Waals surface area contributed by atoms with Crippen molar-refractivity contribution in [2.24, 2.45) is 0 Å². The maximum absolute atomic E-state index is 12.7. The van der Waals surface area contributed by atoms with E-state index in [1.165, 1.54) is 11.8 Å². The maximum Gasteiger partial charge on any atom is 0.237 e. The third-order valence-electron chi connectivity index (χ3n) is 4.29. The molecule has 1 aliphatic heterocycles. The lowest BCUT2D eigenvalue weighted by molar-refractivity contribution is -0.115. The van der Waals surface area contributed by atoms with Gasteiger partial charge in [-0.1, -0.05) is 17.8 Å². The van der Waals surface area contributed by atoms with Gasteiger partial charge in [0.2, 0.25) is 17.9 Å². The molecule has 29 heavy (non-hydrogen) atoms. The first kappa shape index (κ1) is 19.1. The number of benzene rings is 2. The van der Waals surface area contributed by atoms with Crippen molar-refractivity contribution in [2.75, 3.05) is 19.2 Å². The molecule has 1 aliphatic rings. The number of thioether (sulfide) groups is 1. The van der Waals surface area contributed by atoms with Crippen molar-refractivity contribution in [2.45, 2.75) is 24.3 Å². The fourth-order valence-corrected chi connectivity index (χ4v) is 3.60. The first-order valence-electron chi connectivity index (χ1n) is 8.85. The van der Waals surface area contributed by atoms with Crippen LogP contribution in [0.3, 0.4) is 0 Å². The molecule has 3 aromatic rings. The van der Waals surface area contributed by atoms with Crippen molar-refractivity contribution in [1.82, 2.24) is 20.2 Å². The number of carbonyl (C=O) groups excluding carboxylic acids is 1. The molecule has 9 nitrogen and oxygen atoms in total. The molecule has 0 aliphatic carbocycles. The van der Waals surface area contributed by atoms with Gasteiger partial charge >= 0.3 is 0 Å².